The van der Waals surface area contributed by atoms with E-state index < -0.39 is 4.92 Å². The number of halogens is 1. The van der Waals surface area contributed by atoms with Gasteiger partial charge in [0.1, 0.15) is 5.75 Å². The van der Waals surface area contributed by atoms with Crippen LogP contribution in [-0.2, 0) is 0 Å². The minimum absolute atomic E-state index is 0.0127. The molecule has 6 nitrogen and oxygen atoms in total. The second-order valence-electron chi connectivity index (χ2n) is 4.68. The molecular formula is C15H14ClN3O3S. The summed E-state index contributed by atoms with van der Waals surface area (Å²) < 4.78 is 5.23. The molecule has 0 aliphatic rings. The van der Waals surface area contributed by atoms with E-state index in [1.807, 2.05) is 6.92 Å². The van der Waals surface area contributed by atoms with Crippen LogP contribution in [0.3, 0.4) is 0 Å². The van der Waals surface area contributed by atoms with Gasteiger partial charge < -0.3 is 15.4 Å². The number of rotatable bonds is 4. The molecule has 2 N–H and O–H groups in total. The summed E-state index contributed by atoms with van der Waals surface area (Å²) in [5.41, 5.74) is 1.97. The number of hydrogen-bond acceptors (Lipinski definition) is 4. The molecule has 2 aromatic carbocycles. The number of nitro benzene ring substituents is 1. The average Bonchev–Trinajstić information content (AvgIpc) is 2.49. The predicted octanol–water partition coefficient (Wildman–Crippen LogP) is 4.37. The van der Waals surface area contributed by atoms with Gasteiger partial charge in [0.05, 0.1) is 17.7 Å². The first-order chi connectivity index (χ1) is 10.9. The van der Waals surface area contributed by atoms with Gasteiger partial charge in [-0.05, 0) is 42.9 Å². The fourth-order valence-corrected chi connectivity index (χ4v) is 2.30. The number of hydrogen-bond donors (Lipinski definition) is 2. The van der Waals surface area contributed by atoms with Crippen LogP contribution in [-0.4, -0.2) is 17.1 Å². The van der Waals surface area contributed by atoms with Gasteiger partial charge in [-0.1, -0.05) is 17.7 Å². The Kier molecular flexibility index (Phi) is 5.36. The molecule has 0 amide bonds. The highest BCUT2D eigenvalue weighted by Crippen LogP contribution is 2.28. The van der Waals surface area contributed by atoms with Crippen LogP contribution in [0.15, 0.2) is 36.4 Å². The summed E-state index contributed by atoms with van der Waals surface area (Å²) in [5.74, 6) is 0.578. The van der Waals surface area contributed by atoms with Crippen LogP contribution >= 0.6 is 23.8 Å². The minimum Gasteiger partial charge on any atom is -0.495 e. The van der Waals surface area contributed by atoms with Crippen LogP contribution in [0, 0.1) is 17.0 Å². The van der Waals surface area contributed by atoms with Crippen molar-refractivity contribution >= 4 is 46.0 Å². The van der Waals surface area contributed by atoms with Crippen LogP contribution in [0.25, 0.3) is 0 Å². The highest BCUT2D eigenvalue weighted by molar-refractivity contribution is 7.80. The van der Waals surface area contributed by atoms with E-state index >= 15 is 0 Å². The summed E-state index contributed by atoms with van der Waals surface area (Å²) in [6.07, 6.45) is 0. The van der Waals surface area contributed by atoms with Crippen molar-refractivity contribution in [1.29, 1.82) is 0 Å². The third kappa shape index (κ3) is 4.30. The normalized spacial score (nSPS) is 10.0. The van der Waals surface area contributed by atoms with Gasteiger partial charge in [0, 0.05) is 22.8 Å². The molecule has 0 heterocycles. The van der Waals surface area contributed by atoms with Crippen molar-refractivity contribution in [3.63, 3.8) is 0 Å². The van der Waals surface area contributed by atoms with Crippen molar-refractivity contribution < 1.29 is 9.66 Å². The molecule has 0 radical (unpaired) electrons. The summed E-state index contributed by atoms with van der Waals surface area (Å²) in [6, 6.07) is 9.62. The maximum Gasteiger partial charge on any atom is 0.271 e. The zero-order chi connectivity index (χ0) is 17.0. The van der Waals surface area contributed by atoms with Gasteiger partial charge in [0.2, 0.25) is 0 Å². The van der Waals surface area contributed by atoms with Crippen LogP contribution < -0.4 is 15.4 Å². The van der Waals surface area contributed by atoms with Crippen LogP contribution in [0.5, 0.6) is 5.75 Å². The summed E-state index contributed by atoms with van der Waals surface area (Å²) in [7, 11) is 1.54. The number of ether oxygens (including phenoxy) is 1. The molecule has 2 aromatic rings. The predicted molar refractivity (Wildman–Crippen MR) is 95.7 cm³/mol. The summed E-state index contributed by atoms with van der Waals surface area (Å²) in [6.45, 7) is 1.83. The highest BCUT2D eigenvalue weighted by atomic mass is 35.5. The Morgan fingerprint density at radius 3 is 2.57 bits per heavy atom. The molecule has 0 spiro atoms. The van der Waals surface area contributed by atoms with E-state index in [-0.39, 0.29) is 10.8 Å². The Bertz CT molecular complexity index is 768. The van der Waals surface area contributed by atoms with E-state index in [2.05, 4.69) is 10.6 Å². The maximum absolute atomic E-state index is 10.9. The smallest absolute Gasteiger partial charge is 0.271 e. The molecule has 0 saturated carbocycles. The lowest BCUT2D eigenvalue weighted by Crippen LogP contribution is -2.20. The van der Waals surface area contributed by atoms with Gasteiger partial charge in [-0.2, -0.15) is 0 Å². The Morgan fingerprint density at radius 2 is 1.91 bits per heavy atom. The Labute approximate surface area is 143 Å². The van der Waals surface area contributed by atoms with Crippen LogP contribution in [0.4, 0.5) is 17.1 Å². The maximum atomic E-state index is 10.9. The molecule has 0 aliphatic carbocycles. The zero-order valence-electron chi connectivity index (χ0n) is 12.4. The summed E-state index contributed by atoms with van der Waals surface area (Å²) in [5, 5.41) is 17.6. The number of nitrogens with one attached hydrogen (secondary N) is 2. The van der Waals surface area contributed by atoms with Crippen LogP contribution in [0.1, 0.15) is 5.56 Å². The van der Waals surface area contributed by atoms with E-state index in [0.717, 1.165) is 5.56 Å². The van der Waals surface area contributed by atoms with Crippen LogP contribution in [0.2, 0.25) is 5.02 Å². The molecule has 23 heavy (non-hydrogen) atoms. The lowest BCUT2D eigenvalue weighted by Gasteiger charge is -2.14. The fraction of sp³-hybridized carbons (Fsp3) is 0.133. The Balaban J connectivity index is 2.19. The fourth-order valence-electron chi connectivity index (χ4n) is 1.91. The molecule has 0 atom stereocenters. The number of non-ortho nitro benzene ring substituents is 1. The molecule has 0 aromatic heterocycles. The number of methoxy groups -OCH3 is 1. The lowest BCUT2D eigenvalue weighted by atomic mass is 10.2. The Morgan fingerprint density at radius 1 is 1.22 bits per heavy atom. The van der Waals surface area contributed by atoms with Gasteiger partial charge in [-0.3, -0.25) is 10.1 Å². The average molecular weight is 352 g/mol. The third-order valence-corrected chi connectivity index (χ3v) is 3.53. The van der Waals surface area contributed by atoms with Crippen molar-refractivity contribution in [3.05, 3.63) is 57.1 Å². The molecule has 120 valence electrons. The second kappa shape index (κ2) is 7.26. The van der Waals surface area contributed by atoms with Gasteiger partial charge in [-0.15, -0.1) is 0 Å². The quantitative estimate of drug-likeness (QED) is 0.484. The number of nitrogens with zero attached hydrogens (tertiary/aromatic N) is 1. The lowest BCUT2D eigenvalue weighted by molar-refractivity contribution is -0.384. The number of nitro groups is 1. The largest absolute Gasteiger partial charge is 0.495 e. The monoisotopic (exact) mass is 351 g/mol. The zero-order valence-corrected chi connectivity index (χ0v) is 14.0. The first-order valence-electron chi connectivity index (χ1n) is 6.57. The minimum atomic E-state index is -0.457. The van der Waals surface area contributed by atoms with Crippen molar-refractivity contribution in [2.45, 2.75) is 6.92 Å². The van der Waals surface area contributed by atoms with Gasteiger partial charge in [0.15, 0.2) is 5.11 Å². The molecule has 0 saturated heterocycles. The van der Waals surface area contributed by atoms with Crippen molar-refractivity contribution in [2.75, 3.05) is 17.7 Å². The molecule has 0 unspecified atom stereocenters. The molecular weight excluding hydrogens is 338 g/mol. The second-order valence-corrected chi connectivity index (χ2v) is 5.52. The third-order valence-electron chi connectivity index (χ3n) is 3.09. The van der Waals surface area contributed by atoms with E-state index in [9.17, 15) is 10.1 Å². The molecule has 8 heteroatoms. The van der Waals surface area contributed by atoms with Crippen molar-refractivity contribution in [2.24, 2.45) is 0 Å². The van der Waals surface area contributed by atoms with E-state index in [0.29, 0.717) is 22.1 Å². The summed E-state index contributed by atoms with van der Waals surface area (Å²) >= 11 is 11.2. The number of thiocarbonyl (C=S) groups is 1. The standard InChI is InChI=1S/C15H14ClN3O3S/c1-9-3-5-11(19(20)21)8-12(9)17-15(23)18-13-7-10(16)4-6-14(13)22-2/h3-8H,1-2H3,(H2,17,18,23). The molecule has 0 bridgehead atoms. The number of benzene rings is 2. The van der Waals surface area contributed by atoms with E-state index in [1.54, 1.807) is 24.3 Å². The number of anilines is 2. The highest BCUT2D eigenvalue weighted by Gasteiger charge is 2.11. The van der Waals surface area contributed by atoms with E-state index in [1.165, 1.54) is 19.2 Å². The summed E-state index contributed by atoms with van der Waals surface area (Å²) in [4.78, 5) is 10.4. The van der Waals surface area contributed by atoms with Crippen molar-refractivity contribution in [1.82, 2.24) is 0 Å². The molecule has 2 rings (SSSR count). The van der Waals surface area contributed by atoms with Gasteiger partial charge in [0.25, 0.3) is 5.69 Å². The molecule has 0 fully saturated rings. The Hall–Kier alpha value is -2.38. The topological polar surface area (TPSA) is 76.4 Å². The van der Waals surface area contributed by atoms with Crippen molar-refractivity contribution in [3.8, 4) is 5.75 Å². The first kappa shape index (κ1) is 17.0. The van der Waals surface area contributed by atoms with Gasteiger partial charge in [-0.25, -0.2) is 0 Å². The molecule has 0 aliphatic heterocycles. The van der Waals surface area contributed by atoms with E-state index in [4.69, 9.17) is 28.6 Å². The van der Waals surface area contributed by atoms with Gasteiger partial charge >= 0.3 is 0 Å². The number of aryl methyl sites for hydroxylation is 1. The first-order valence-corrected chi connectivity index (χ1v) is 7.36. The SMILES string of the molecule is COc1ccc(Cl)cc1NC(=S)Nc1cc([N+](=O)[O-])ccc1C.